The third kappa shape index (κ3) is 2.34. The van der Waals surface area contributed by atoms with Gasteiger partial charge >= 0.3 is 5.97 Å². The van der Waals surface area contributed by atoms with E-state index in [1.165, 1.54) is 13.8 Å². The van der Waals surface area contributed by atoms with E-state index in [0.717, 1.165) is 12.8 Å². The number of nitrogens with zero attached hydrogens (tertiary/aromatic N) is 1. The van der Waals surface area contributed by atoms with Gasteiger partial charge in [-0.2, -0.15) is 0 Å². The highest BCUT2D eigenvalue weighted by Crippen LogP contribution is 2.28. The molecule has 6 heteroatoms. The minimum Gasteiger partial charge on any atom is -0.478 e. The molecule has 0 aromatic carbocycles. The average Bonchev–Trinajstić information content (AvgIpc) is 2.78. The Balaban J connectivity index is 2.22. The third-order valence-corrected chi connectivity index (χ3v) is 4.07. The summed E-state index contributed by atoms with van der Waals surface area (Å²) in [6.07, 6.45) is 1.57. The minimum absolute atomic E-state index is 0.000843. The largest absolute Gasteiger partial charge is 0.478 e. The normalized spacial score (nSPS) is 27.5. The quantitative estimate of drug-likeness (QED) is 0.696. The molecule has 2 aliphatic heterocycles. The van der Waals surface area contributed by atoms with Gasteiger partial charge in [0.15, 0.2) is 0 Å². The molecule has 6 nitrogen and oxygen atoms in total. The molecular weight excluding hydrogens is 248 g/mol. The summed E-state index contributed by atoms with van der Waals surface area (Å²) >= 11 is 0. The van der Waals surface area contributed by atoms with Gasteiger partial charge in [-0.15, -0.1) is 0 Å². The summed E-state index contributed by atoms with van der Waals surface area (Å²) in [5, 5.41) is 11.7. The van der Waals surface area contributed by atoms with Gasteiger partial charge in [-0.05, 0) is 26.7 Å². The van der Waals surface area contributed by atoms with E-state index in [4.69, 9.17) is 5.11 Å². The average molecular weight is 266 g/mol. The van der Waals surface area contributed by atoms with E-state index in [1.54, 1.807) is 4.90 Å². The lowest BCUT2D eigenvalue weighted by molar-refractivity contribution is -0.136. The van der Waals surface area contributed by atoms with Crippen molar-refractivity contribution in [1.82, 2.24) is 10.2 Å². The van der Waals surface area contributed by atoms with Gasteiger partial charge in [-0.3, -0.25) is 9.59 Å². The summed E-state index contributed by atoms with van der Waals surface area (Å²) < 4.78 is 0. The van der Waals surface area contributed by atoms with Gasteiger partial charge in [0, 0.05) is 24.2 Å². The van der Waals surface area contributed by atoms with E-state index >= 15 is 0 Å². The number of nitrogens with one attached hydrogen (secondary N) is 1. The number of hydrogen-bond acceptors (Lipinski definition) is 3. The molecule has 0 aromatic heterocycles. The van der Waals surface area contributed by atoms with Crippen molar-refractivity contribution in [1.29, 1.82) is 0 Å². The Bertz CT molecular complexity index is 469. The van der Waals surface area contributed by atoms with Crippen LogP contribution in [0.1, 0.15) is 26.7 Å². The number of rotatable bonds is 2. The van der Waals surface area contributed by atoms with Gasteiger partial charge in [0.25, 0.3) is 0 Å². The van der Waals surface area contributed by atoms with E-state index in [1.807, 2.05) is 0 Å². The molecule has 2 heterocycles. The lowest BCUT2D eigenvalue weighted by Gasteiger charge is -2.36. The van der Waals surface area contributed by atoms with Crippen molar-refractivity contribution in [2.75, 3.05) is 13.1 Å². The monoisotopic (exact) mass is 266 g/mol. The fourth-order valence-corrected chi connectivity index (χ4v) is 2.74. The van der Waals surface area contributed by atoms with Crippen molar-refractivity contribution in [3.05, 3.63) is 11.1 Å². The Morgan fingerprint density at radius 1 is 1.32 bits per heavy atom. The molecule has 2 unspecified atom stereocenters. The van der Waals surface area contributed by atoms with E-state index < -0.39 is 5.97 Å². The first-order valence-electron chi connectivity index (χ1n) is 6.43. The van der Waals surface area contributed by atoms with Gasteiger partial charge in [-0.25, -0.2) is 4.79 Å². The zero-order chi connectivity index (χ0) is 14.2. The zero-order valence-electron chi connectivity index (χ0n) is 11.1. The van der Waals surface area contributed by atoms with Crippen molar-refractivity contribution in [3.8, 4) is 0 Å². The Hall–Kier alpha value is -1.85. The molecule has 0 aromatic rings. The fourth-order valence-electron chi connectivity index (χ4n) is 2.74. The standard InChI is InChI=1S/C13H18N2O4/c1-7(8(2)13(18)19)12(17)15-5-3-4-9-10(15)6-14-11(9)16/h9-10H,3-6H2,1-2H3,(H,14,16)(H,18,19). The first kappa shape index (κ1) is 13.6. The molecule has 2 atom stereocenters. The van der Waals surface area contributed by atoms with Crippen LogP contribution in [0.3, 0.4) is 0 Å². The van der Waals surface area contributed by atoms with Crippen molar-refractivity contribution in [2.45, 2.75) is 32.7 Å². The van der Waals surface area contributed by atoms with E-state index in [2.05, 4.69) is 5.32 Å². The van der Waals surface area contributed by atoms with Crippen LogP contribution in [0, 0.1) is 5.92 Å². The Kier molecular flexibility index (Phi) is 3.59. The molecular formula is C13H18N2O4. The van der Waals surface area contributed by atoms with Crippen LogP contribution < -0.4 is 5.32 Å². The summed E-state index contributed by atoms with van der Waals surface area (Å²) in [5.74, 6) is -1.50. The minimum atomic E-state index is -1.08. The predicted octanol–water partition coefficient (Wildman–Crippen LogP) is 0.144. The van der Waals surface area contributed by atoms with Crippen molar-refractivity contribution >= 4 is 17.8 Å². The smallest absolute Gasteiger partial charge is 0.331 e. The van der Waals surface area contributed by atoms with Crippen molar-refractivity contribution < 1.29 is 19.5 Å². The van der Waals surface area contributed by atoms with Crippen LogP contribution in [0.2, 0.25) is 0 Å². The maximum Gasteiger partial charge on any atom is 0.331 e. The van der Waals surface area contributed by atoms with Crippen LogP contribution in [0.4, 0.5) is 0 Å². The Morgan fingerprint density at radius 3 is 2.63 bits per heavy atom. The molecule has 0 bridgehead atoms. The van der Waals surface area contributed by atoms with E-state index in [9.17, 15) is 14.4 Å². The molecule has 19 heavy (non-hydrogen) atoms. The maximum atomic E-state index is 12.4. The lowest BCUT2D eigenvalue weighted by atomic mass is 9.90. The van der Waals surface area contributed by atoms with Crippen LogP contribution in [-0.2, 0) is 14.4 Å². The maximum absolute atomic E-state index is 12.4. The number of likely N-dealkylation sites (tertiary alicyclic amines) is 1. The van der Waals surface area contributed by atoms with Crippen LogP contribution in [-0.4, -0.2) is 46.9 Å². The highest BCUT2D eigenvalue weighted by molar-refractivity contribution is 6.02. The third-order valence-electron chi connectivity index (χ3n) is 4.07. The summed E-state index contributed by atoms with van der Waals surface area (Å²) in [4.78, 5) is 36.6. The summed E-state index contributed by atoms with van der Waals surface area (Å²) in [6, 6.07) is -0.134. The summed E-state index contributed by atoms with van der Waals surface area (Å²) in [5.41, 5.74) is 0.303. The SMILES string of the molecule is CC(C(=O)O)=C(C)C(=O)N1CCCC2C(=O)NCC21. The molecule has 2 rings (SSSR count). The molecule has 2 aliphatic rings. The predicted molar refractivity (Wildman–Crippen MR) is 67.2 cm³/mol. The Labute approximate surface area is 111 Å². The van der Waals surface area contributed by atoms with E-state index in [-0.39, 0.29) is 34.9 Å². The molecule has 0 radical (unpaired) electrons. The zero-order valence-corrected chi connectivity index (χ0v) is 11.1. The van der Waals surface area contributed by atoms with Gasteiger partial charge < -0.3 is 15.3 Å². The van der Waals surface area contributed by atoms with E-state index in [0.29, 0.717) is 13.1 Å². The molecule has 2 saturated heterocycles. The number of hydrogen-bond donors (Lipinski definition) is 2. The second kappa shape index (κ2) is 5.03. The highest BCUT2D eigenvalue weighted by atomic mass is 16.4. The van der Waals surface area contributed by atoms with Gasteiger partial charge in [0.1, 0.15) is 0 Å². The molecule has 0 aliphatic carbocycles. The van der Waals surface area contributed by atoms with Gasteiger partial charge in [0.05, 0.1) is 12.0 Å². The lowest BCUT2D eigenvalue weighted by Crippen LogP contribution is -2.49. The number of aliphatic carboxylic acids is 1. The fraction of sp³-hybridized carbons (Fsp3) is 0.615. The topological polar surface area (TPSA) is 86.7 Å². The van der Waals surface area contributed by atoms with Crippen molar-refractivity contribution in [3.63, 3.8) is 0 Å². The summed E-state index contributed by atoms with van der Waals surface area (Å²) in [6.45, 7) is 4.00. The number of fused-ring (bicyclic) bond motifs is 1. The molecule has 2 fully saturated rings. The number of carbonyl (C=O) groups is 3. The Morgan fingerprint density at radius 2 is 2.00 bits per heavy atom. The second-order valence-electron chi connectivity index (χ2n) is 5.11. The highest BCUT2D eigenvalue weighted by Gasteiger charge is 2.42. The van der Waals surface area contributed by atoms with Crippen LogP contribution in [0.15, 0.2) is 11.1 Å². The summed E-state index contributed by atoms with van der Waals surface area (Å²) in [7, 11) is 0. The molecule has 2 amide bonds. The van der Waals surface area contributed by atoms with Crippen LogP contribution in [0.5, 0.6) is 0 Å². The molecule has 0 saturated carbocycles. The van der Waals surface area contributed by atoms with Crippen molar-refractivity contribution in [2.24, 2.45) is 5.92 Å². The van der Waals surface area contributed by atoms with Crippen LogP contribution >= 0.6 is 0 Å². The number of carbonyl (C=O) groups excluding carboxylic acids is 2. The van der Waals surface area contributed by atoms with Gasteiger partial charge in [-0.1, -0.05) is 0 Å². The second-order valence-corrected chi connectivity index (χ2v) is 5.11. The first-order valence-corrected chi connectivity index (χ1v) is 6.43. The van der Waals surface area contributed by atoms with Gasteiger partial charge in [0.2, 0.25) is 11.8 Å². The number of amides is 2. The molecule has 104 valence electrons. The number of carboxylic acid groups (broad SMARTS) is 1. The number of piperidine rings is 1. The number of carboxylic acids is 1. The van der Waals surface area contributed by atoms with Crippen LogP contribution in [0.25, 0.3) is 0 Å². The molecule has 0 spiro atoms. The first-order chi connectivity index (χ1) is 8.93. The molecule has 2 N–H and O–H groups in total.